The average molecular weight is 323 g/mol. The van der Waals surface area contributed by atoms with Crippen molar-refractivity contribution in [3.8, 4) is 5.75 Å². The molecule has 0 saturated carbocycles. The number of phenols is 1. The monoisotopic (exact) mass is 323 g/mol. The second kappa shape index (κ2) is 10.5. The fraction of sp³-hybridized carbons (Fsp3) is 0.529. The van der Waals surface area contributed by atoms with Gasteiger partial charge >= 0.3 is 12.1 Å². The lowest BCUT2D eigenvalue weighted by atomic mass is 10.1. The first-order valence-electron chi connectivity index (χ1n) is 8.04. The number of unbranched alkanes of at least 4 members (excludes halogenated alkanes) is 6. The van der Waals surface area contributed by atoms with Gasteiger partial charge in [0.1, 0.15) is 11.3 Å². The van der Waals surface area contributed by atoms with Crippen molar-refractivity contribution in [2.45, 2.75) is 51.9 Å². The Kier molecular flexibility index (Phi) is 8.57. The zero-order chi connectivity index (χ0) is 17.1. The highest BCUT2D eigenvalue weighted by Gasteiger charge is 2.11. The van der Waals surface area contributed by atoms with Crippen LogP contribution >= 0.6 is 0 Å². The third kappa shape index (κ3) is 7.54. The van der Waals surface area contributed by atoms with Gasteiger partial charge in [-0.15, -0.1) is 0 Å². The first-order valence-corrected chi connectivity index (χ1v) is 8.04. The number of amides is 1. The van der Waals surface area contributed by atoms with Crippen molar-refractivity contribution in [2.24, 2.45) is 0 Å². The number of benzene rings is 1. The summed E-state index contributed by atoms with van der Waals surface area (Å²) in [6.45, 7) is 2.53. The smallest absolute Gasteiger partial charge is 0.411 e. The van der Waals surface area contributed by atoms with Crippen LogP contribution in [0.1, 0.15) is 62.2 Å². The highest BCUT2D eigenvalue weighted by Crippen LogP contribution is 2.22. The summed E-state index contributed by atoms with van der Waals surface area (Å²) >= 11 is 0. The summed E-state index contributed by atoms with van der Waals surface area (Å²) in [4.78, 5) is 22.4. The number of ether oxygens (including phenoxy) is 1. The second-order valence-corrected chi connectivity index (χ2v) is 5.42. The SMILES string of the molecule is CCCCCCCCCOC(=O)Nc1ccc(C(=O)O)c(O)c1. The van der Waals surface area contributed by atoms with Crippen LogP contribution in [-0.2, 0) is 4.74 Å². The minimum Gasteiger partial charge on any atom is -0.507 e. The summed E-state index contributed by atoms with van der Waals surface area (Å²) in [5, 5.41) is 20.8. The Bertz CT molecular complexity index is 516. The van der Waals surface area contributed by atoms with Gasteiger partial charge < -0.3 is 14.9 Å². The number of carboxylic acid groups (broad SMARTS) is 1. The van der Waals surface area contributed by atoms with Crippen molar-refractivity contribution in [1.29, 1.82) is 0 Å². The molecule has 0 radical (unpaired) electrons. The Morgan fingerprint density at radius 3 is 2.35 bits per heavy atom. The maximum atomic E-state index is 11.6. The fourth-order valence-corrected chi connectivity index (χ4v) is 2.17. The van der Waals surface area contributed by atoms with Crippen molar-refractivity contribution in [3.63, 3.8) is 0 Å². The van der Waals surface area contributed by atoms with Crippen molar-refractivity contribution < 1.29 is 24.5 Å². The molecular formula is C17H25NO5. The molecule has 0 aliphatic rings. The zero-order valence-corrected chi connectivity index (χ0v) is 13.5. The third-order valence-electron chi connectivity index (χ3n) is 3.46. The number of carbonyl (C=O) groups excluding carboxylic acids is 1. The topological polar surface area (TPSA) is 95.9 Å². The molecule has 0 aromatic heterocycles. The van der Waals surface area contributed by atoms with Gasteiger partial charge in [-0.05, 0) is 18.6 Å². The molecule has 3 N–H and O–H groups in total. The number of hydrogen-bond donors (Lipinski definition) is 3. The number of aromatic hydroxyl groups is 1. The fourth-order valence-electron chi connectivity index (χ4n) is 2.17. The Hall–Kier alpha value is -2.24. The normalized spacial score (nSPS) is 10.3. The molecule has 0 saturated heterocycles. The van der Waals surface area contributed by atoms with E-state index in [4.69, 9.17) is 9.84 Å². The van der Waals surface area contributed by atoms with Crippen LogP contribution < -0.4 is 5.32 Å². The van der Waals surface area contributed by atoms with E-state index in [2.05, 4.69) is 12.2 Å². The Labute approximate surface area is 136 Å². The first kappa shape index (κ1) is 18.8. The third-order valence-corrected chi connectivity index (χ3v) is 3.46. The zero-order valence-electron chi connectivity index (χ0n) is 13.5. The van der Waals surface area contributed by atoms with Gasteiger partial charge in [0.2, 0.25) is 0 Å². The summed E-state index contributed by atoms with van der Waals surface area (Å²) in [7, 11) is 0. The van der Waals surface area contributed by atoms with Crippen LogP contribution in [0.25, 0.3) is 0 Å². The minimum atomic E-state index is -1.23. The second-order valence-electron chi connectivity index (χ2n) is 5.42. The van der Waals surface area contributed by atoms with Crippen LogP contribution in [0.4, 0.5) is 10.5 Å². The van der Waals surface area contributed by atoms with E-state index >= 15 is 0 Å². The van der Waals surface area contributed by atoms with E-state index in [0.717, 1.165) is 19.3 Å². The molecule has 0 aliphatic heterocycles. The molecule has 23 heavy (non-hydrogen) atoms. The number of nitrogens with one attached hydrogen (secondary N) is 1. The predicted molar refractivity (Wildman–Crippen MR) is 88.0 cm³/mol. The molecule has 0 bridgehead atoms. The predicted octanol–water partition coefficient (Wildman–Crippen LogP) is 4.39. The number of rotatable bonds is 10. The summed E-state index contributed by atoms with van der Waals surface area (Å²) in [5.74, 6) is -1.63. The molecule has 0 atom stereocenters. The summed E-state index contributed by atoms with van der Waals surface area (Å²) in [5.41, 5.74) is 0.0732. The van der Waals surface area contributed by atoms with Crippen molar-refractivity contribution in [2.75, 3.05) is 11.9 Å². The number of hydrogen-bond acceptors (Lipinski definition) is 4. The lowest BCUT2D eigenvalue weighted by Gasteiger charge is -2.08. The highest BCUT2D eigenvalue weighted by atomic mass is 16.5. The van der Waals surface area contributed by atoms with Crippen LogP contribution in [0, 0.1) is 0 Å². The van der Waals surface area contributed by atoms with E-state index in [9.17, 15) is 14.7 Å². The lowest BCUT2D eigenvalue weighted by Crippen LogP contribution is -2.14. The maximum absolute atomic E-state index is 11.6. The Balaban J connectivity index is 2.21. The summed E-state index contributed by atoms with van der Waals surface area (Å²) < 4.78 is 5.04. The van der Waals surface area contributed by atoms with E-state index in [-0.39, 0.29) is 11.3 Å². The molecule has 0 fully saturated rings. The molecule has 0 spiro atoms. The maximum Gasteiger partial charge on any atom is 0.411 e. The van der Waals surface area contributed by atoms with Crippen LogP contribution in [0.15, 0.2) is 18.2 Å². The van der Waals surface area contributed by atoms with Gasteiger partial charge in [0.25, 0.3) is 0 Å². The quantitative estimate of drug-likeness (QED) is 0.555. The highest BCUT2D eigenvalue weighted by molar-refractivity contribution is 5.92. The van der Waals surface area contributed by atoms with Crippen LogP contribution in [0.2, 0.25) is 0 Å². The van der Waals surface area contributed by atoms with Crippen molar-refractivity contribution >= 4 is 17.7 Å². The molecule has 6 heteroatoms. The van der Waals surface area contributed by atoms with Gasteiger partial charge in [-0.25, -0.2) is 9.59 Å². The van der Waals surface area contributed by atoms with Gasteiger partial charge in [-0.2, -0.15) is 0 Å². The van der Waals surface area contributed by atoms with E-state index in [1.54, 1.807) is 0 Å². The van der Waals surface area contributed by atoms with Crippen molar-refractivity contribution in [3.05, 3.63) is 23.8 Å². The molecule has 1 amide bonds. The average Bonchev–Trinajstić information content (AvgIpc) is 2.49. The first-order chi connectivity index (χ1) is 11.0. The number of aromatic carboxylic acids is 1. The lowest BCUT2D eigenvalue weighted by molar-refractivity contribution is 0.0693. The van der Waals surface area contributed by atoms with E-state index < -0.39 is 17.8 Å². The van der Waals surface area contributed by atoms with E-state index in [0.29, 0.717) is 6.61 Å². The van der Waals surface area contributed by atoms with Gasteiger partial charge in [0.05, 0.1) is 6.61 Å². The van der Waals surface area contributed by atoms with E-state index in [1.165, 1.54) is 43.9 Å². The summed E-state index contributed by atoms with van der Waals surface area (Å²) in [6.07, 6.45) is 7.36. The minimum absolute atomic E-state index is 0.216. The molecule has 1 aromatic rings. The number of carboxylic acids is 1. The Morgan fingerprint density at radius 1 is 1.09 bits per heavy atom. The standard InChI is InChI=1S/C17H25NO5/c1-2-3-4-5-6-7-8-11-23-17(22)18-13-9-10-14(16(20)21)15(19)12-13/h9-10,12,19H,2-8,11H2,1H3,(H,18,22)(H,20,21). The molecule has 0 aliphatic carbocycles. The van der Waals surface area contributed by atoms with Crippen molar-refractivity contribution in [1.82, 2.24) is 0 Å². The molecule has 0 unspecified atom stereocenters. The van der Waals surface area contributed by atoms with E-state index in [1.807, 2.05) is 0 Å². The molecule has 0 heterocycles. The molecular weight excluding hydrogens is 298 g/mol. The van der Waals surface area contributed by atoms with Gasteiger partial charge in [-0.3, -0.25) is 5.32 Å². The van der Waals surface area contributed by atoms with Gasteiger partial charge in [0.15, 0.2) is 0 Å². The number of carbonyl (C=O) groups is 2. The molecule has 1 aromatic carbocycles. The van der Waals surface area contributed by atoms with Crippen LogP contribution in [0.5, 0.6) is 5.75 Å². The van der Waals surface area contributed by atoms with Gasteiger partial charge in [-0.1, -0.05) is 45.4 Å². The number of anilines is 1. The molecule has 6 nitrogen and oxygen atoms in total. The Morgan fingerprint density at radius 2 is 1.74 bits per heavy atom. The van der Waals surface area contributed by atoms with Crippen LogP contribution in [0.3, 0.4) is 0 Å². The largest absolute Gasteiger partial charge is 0.507 e. The molecule has 128 valence electrons. The van der Waals surface area contributed by atoms with Crippen LogP contribution in [-0.4, -0.2) is 28.9 Å². The summed E-state index contributed by atoms with van der Waals surface area (Å²) in [6, 6.07) is 3.81. The molecule has 1 rings (SSSR count). The van der Waals surface area contributed by atoms with Gasteiger partial charge in [0, 0.05) is 11.8 Å².